The monoisotopic (exact) mass is 153 g/mol. The molecule has 0 saturated carbocycles. The Kier molecular flexibility index (Phi) is 2.65. The standard InChI is InChI=1S/C8H15N3/c1-4-11-6-8(9-7-11)5-10(2)3/h6-7H,4-5H2,1-3H3. The van der Waals surface area contributed by atoms with E-state index in [9.17, 15) is 0 Å². The minimum Gasteiger partial charge on any atom is -0.337 e. The Morgan fingerprint density at radius 3 is 2.73 bits per heavy atom. The van der Waals surface area contributed by atoms with E-state index in [4.69, 9.17) is 0 Å². The van der Waals surface area contributed by atoms with Crippen molar-refractivity contribution in [3.05, 3.63) is 18.2 Å². The van der Waals surface area contributed by atoms with Crippen molar-refractivity contribution in [2.24, 2.45) is 0 Å². The van der Waals surface area contributed by atoms with Gasteiger partial charge in [-0.1, -0.05) is 0 Å². The number of imidazole rings is 1. The second kappa shape index (κ2) is 3.53. The normalized spacial score (nSPS) is 10.9. The average Bonchev–Trinajstić information content (AvgIpc) is 2.34. The predicted octanol–water partition coefficient (Wildman–Crippen LogP) is 0.965. The van der Waals surface area contributed by atoms with Crippen LogP contribution in [0, 0.1) is 0 Å². The largest absolute Gasteiger partial charge is 0.337 e. The van der Waals surface area contributed by atoms with E-state index < -0.39 is 0 Å². The topological polar surface area (TPSA) is 21.1 Å². The van der Waals surface area contributed by atoms with Crippen molar-refractivity contribution in [3.63, 3.8) is 0 Å². The van der Waals surface area contributed by atoms with Gasteiger partial charge in [0.25, 0.3) is 0 Å². The van der Waals surface area contributed by atoms with Gasteiger partial charge in [0.05, 0.1) is 12.0 Å². The highest BCUT2D eigenvalue weighted by atomic mass is 15.1. The molecule has 0 radical (unpaired) electrons. The van der Waals surface area contributed by atoms with E-state index >= 15 is 0 Å². The first kappa shape index (κ1) is 8.27. The fraction of sp³-hybridized carbons (Fsp3) is 0.625. The summed E-state index contributed by atoms with van der Waals surface area (Å²) >= 11 is 0. The quantitative estimate of drug-likeness (QED) is 0.645. The average molecular weight is 153 g/mol. The maximum atomic E-state index is 4.25. The smallest absolute Gasteiger partial charge is 0.0949 e. The Morgan fingerprint density at radius 2 is 2.27 bits per heavy atom. The summed E-state index contributed by atoms with van der Waals surface area (Å²) in [4.78, 5) is 6.36. The SMILES string of the molecule is CCn1cnc(CN(C)C)c1. The molecule has 0 aliphatic carbocycles. The molecule has 1 rings (SSSR count). The third-order valence-corrected chi connectivity index (χ3v) is 1.53. The molecule has 3 heteroatoms. The number of rotatable bonds is 3. The predicted molar refractivity (Wildman–Crippen MR) is 45.3 cm³/mol. The van der Waals surface area contributed by atoms with Crippen LogP contribution in [0.4, 0.5) is 0 Å². The minimum absolute atomic E-state index is 0.924. The molecule has 0 spiro atoms. The minimum atomic E-state index is 0.924. The van der Waals surface area contributed by atoms with E-state index in [1.165, 1.54) is 0 Å². The van der Waals surface area contributed by atoms with Crippen molar-refractivity contribution in [3.8, 4) is 0 Å². The van der Waals surface area contributed by atoms with Crippen LogP contribution in [0.3, 0.4) is 0 Å². The summed E-state index contributed by atoms with van der Waals surface area (Å²) < 4.78 is 2.08. The summed E-state index contributed by atoms with van der Waals surface area (Å²) in [5, 5.41) is 0. The lowest BCUT2D eigenvalue weighted by Crippen LogP contribution is -2.10. The van der Waals surface area contributed by atoms with Crippen molar-refractivity contribution >= 4 is 0 Å². The lowest BCUT2D eigenvalue weighted by Gasteiger charge is -2.05. The molecule has 0 aromatic carbocycles. The van der Waals surface area contributed by atoms with Crippen LogP contribution < -0.4 is 0 Å². The Morgan fingerprint density at radius 1 is 1.55 bits per heavy atom. The van der Waals surface area contributed by atoms with Gasteiger partial charge in [-0.15, -0.1) is 0 Å². The maximum absolute atomic E-state index is 4.25. The van der Waals surface area contributed by atoms with Crippen molar-refractivity contribution in [2.75, 3.05) is 14.1 Å². The molecule has 0 fully saturated rings. The van der Waals surface area contributed by atoms with Crippen molar-refractivity contribution in [1.29, 1.82) is 0 Å². The van der Waals surface area contributed by atoms with E-state index in [1.807, 2.05) is 20.4 Å². The van der Waals surface area contributed by atoms with Gasteiger partial charge in [0.2, 0.25) is 0 Å². The first-order valence-corrected chi connectivity index (χ1v) is 3.87. The van der Waals surface area contributed by atoms with Crippen molar-refractivity contribution < 1.29 is 0 Å². The summed E-state index contributed by atoms with van der Waals surface area (Å²) in [5.41, 5.74) is 1.14. The molecular weight excluding hydrogens is 138 g/mol. The molecule has 1 heterocycles. The summed E-state index contributed by atoms with van der Waals surface area (Å²) in [6, 6.07) is 0. The first-order valence-electron chi connectivity index (χ1n) is 3.87. The molecule has 62 valence electrons. The molecule has 0 amide bonds. The number of aromatic nitrogens is 2. The zero-order valence-corrected chi connectivity index (χ0v) is 7.41. The second-order valence-corrected chi connectivity index (χ2v) is 2.93. The lowest BCUT2D eigenvalue weighted by molar-refractivity contribution is 0.397. The summed E-state index contributed by atoms with van der Waals surface area (Å²) in [5.74, 6) is 0. The molecule has 0 N–H and O–H groups in total. The van der Waals surface area contributed by atoms with Crippen molar-refractivity contribution in [2.45, 2.75) is 20.0 Å². The van der Waals surface area contributed by atoms with Gasteiger partial charge < -0.3 is 9.47 Å². The lowest BCUT2D eigenvalue weighted by atomic mass is 10.4. The fourth-order valence-electron chi connectivity index (χ4n) is 0.985. The Balaban J connectivity index is 2.58. The molecule has 0 saturated heterocycles. The van der Waals surface area contributed by atoms with Crippen LogP contribution in [0.15, 0.2) is 12.5 Å². The highest BCUT2D eigenvalue weighted by molar-refractivity contribution is 4.95. The van der Waals surface area contributed by atoms with Gasteiger partial charge in [0.1, 0.15) is 0 Å². The Labute approximate surface area is 67.7 Å². The maximum Gasteiger partial charge on any atom is 0.0949 e. The van der Waals surface area contributed by atoms with Crippen LogP contribution in [0.1, 0.15) is 12.6 Å². The number of hydrogen-bond acceptors (Lipinski definition) is 2. The molecular formula is C8H15N3. The molecule has 0 bridgehead atoms. The highest BCUT2D eigenvalue weighted by Gasteiger charge is 1.97. The van der Waals surface area contributed by atoms with E-state index in [0.29, 0.717) is 0 Å². The van der Waals surface area contributed by atoms with E-state index in [2.05, 4.69) is 27.6 Å². The summed E-state index contributed by atoms with van der Waals surface area (Å²) in [6.07, 6.45) is 3.96. The van der Waals surface area contributed by atoms with Gasteiger partial charge in [-0.2, -0.15) is 0 Å². The fourth-order valence-corrected chi connectivity index (χ4v) is 0.985. The Bertz CT molecular complexity index is 215. The highest BCUT2D eigenvalue weighted by Crippen LogP contribution is 1.97. The zero-order chi connectivity index (χ0) is 8.27. The summed E-state index contributed by atoms with van der Waals surface area (Å²) in [6.45, 7) is 4.04. The Hall–Kier alpha value is -0.830. The van der Waals surface area contributed by atoms with Crippen LogP contribution in [0.25, 0.3) is 0 Å². The third-order valence-electron chi connectivity index (χ3n) is 1.53. The van der Waals surface area contributed by atoms with Gasteiger partial charge in [-0.25, -0.2) is 4.98 Å². The van der Waals surface area contributed by atoms with Gasteiger partial charge in [0, 0.05) is 19.3 Å². The molecule has 1 aromatic heterocycles. The third kappa shape index (κ3) is 2.35. The molecule has 11 heavy (non-hydrogen) atoms. The number of hydrogen-bond donors (Lipinski definition) is 0. The van der Waals surface area contributed by atoms with E-state index in [1.54, 1.807) is 0 Å². The van der Waals surface area contributed by atoms with Crippen LogP contribution >= 0.6 is 0 Å². The molecule has 3 nitrogen and oxygen atoms in total. The second-order valence-electron chi connectivity index (χ2n) is 2.93. The van der Waals surface area contributed by atoms with Crippen LogP contribution in [-0.2, 0) is 13.1 Å². The van der Waals surface area contributed by atoms with Gasteiger partial charge >= 0.3 is 0 Å². The van der Waals surface area contributed by atoms with Gasteiger partial charge in [0.15, 0.2) is 0 Å². The molecule has 0 unspecified atom stereocenters. The number of nitrogens with zero attached hydrogens (tertiary/aromatic N) is 3. The number of aryl methyl sites for hydroxylation is 1. The van der Waals surface area contributed by atoms with E-state index in [0.717, 1.165) is 18.8 Å². The van der Waals surface area contributed by atoms with Crippen LogP contribution in [0.5, 0.6) is 0 Å². The molecule has 0 aliphatic rings. The first-order chi connectivity index (χ1) is 5.22. The molecule has 0 aliphatic heterocycles. The molecule has 0 atom stereocenters. The van der Waals surface area contributed by atoms with E-state index in [-0.39, 0.29) is 0 Å². The van der Waals surface area contributed by atoms with Gasteiger partial charge in [-0.05, 0) is 21.0 Å². The summed E-state index contributed by atoms with van der Waals surface area (Å²) in [7, 11) is 4.09. The van der Waals surface area contributed by atoms with Gasteiger partial charge in [-0.3, -0.25) is 0 Å². The zero-order valence-electron chi connectivity index (χ0n) is 7.41. The molecule has 1 aromatic rings. The van der Waals surface area contributed by atoms with Crippen LogP contribution in [-0.4, -0.2) is 28.5 Å². The van der Waals surface area contributed by atoms with Crippen LogP contribution in [0.2, 0.25) is 0 Å². The van der Waals surface area contributed by atoms with Crippen molar-refractivity contribution in [1.82, 2.24) is 14.5 Å².